The highest BCUT2D eigenvalue weighted by atomic mass is 16.4. The van der Waals surface area contributed by atoms with Crippen molar-refractivity contribution >= 4 is 11.9 Å². The monoisotopic (exact) mass is 377 g/mol. The SMILES string of the molecule is CCN1CCN(CC(=O)O)CCN(CC(=O)O)C(Cc2ccc(C)cc2)C1. The van der Waals surface area contributed by atoms with E-state index in [1.54, 1.807) is 0 Å². The molecule has 1 heterocycles. The minimum absolute atomic E-state index is 0.0128. The largest absolute Gasteiger partial charge is 0.480 e. The van der Waals surface area contributed by atoms with Crippen LogP contribution in [0.1, 0.15) is 18.1 Å². The van der Waals surface area contributed by atoms with Crippen LogP contribution in [0, 0.1) is 6.92 Å². The summed E-state index contributed by atoms with van der Waals surface area (Å²) in [7, 11) is 0. The molecule has 0 spiro atoms. The molecule has 1 aliphatic rings. The Kier molecular flexibility index (Phi) is 8.22. The van der Waals surface area contributed by atoms with Crippen molar-refractivity contribution in [2.75, 3.05) is 52.4 Å². The van der Waals surface area contributed by atoms with Crippen molar-refractivity contribution in [3.63, 3.8) is 0 Å². The molecule has 27 heavy (non-hydrogen) atoms. The quantitative estimate of drug-likeness (QED) is 0.734. The summed E-state index contributed by atoms with van der Waals surface area (Å²) in [6.45, 7) is 8.30. The number of nitrogens with zero attached hydrogens (tertiary/aromatic N) is 3. The molecule has 1 aromatic carbocycles. The Morgan fingerprint density at radius 3 is 2.15 bits per heavy atom. The van der Waals surface area contributed by atoms with E-state index >= 15 is 0 Å². The number of hydrogen-bond donors (Lipinski definition) is 2. The molecule has 0 bridgehead atoms. The second-order valence-corrected chi connectivity index (χ2v) is 7.27. The fourth-order valence-electron chi connectivity index (χ4n) is 3.56. The molecule has 0 aliphatic carbocycles. The fourth-order valence-corrected chi connectivity index (χ4v) is 3.56. The first-order valence-corrected chi connectivity index (χ1v) is 9.55. The van der Waals surface area contributed by atoms with Crippen molar-refractivity contribution in [2.24, 2.45) is 0 Å². The van der Waals surface area contributed by atoms with Gasteiger partial charge in [-0.1, -0.05) is 36.8 Å². The van der Waals surface area contributed by atoms with Gasteiger partial charge in [-0.3, -0.25) is 19.4 Å². The minimum atomic E-state index is -0.851. The first-order chi connectivity index (χ1) is 12.9. The van der Waals surface area contributed by atoms with Gasteiger partial charge in [-0.05, 0) is 25.5 Å². The Hall–Kier alpha value is -1.96. The third kappa shape index (κ3) is 7.28. The number of benzene rings is 1. The van der Waals surface area contributed by atoms with Crippen LogP contribution in [0.15, 0.2) is 24.3 Å². The molecule has 2 rings (SSSR count). The first-order valence-electron chi connectivity index (χ1n) is 9.55. The topological polar surface area (TPSA) is 84.3 Å². The summed E-state index contributed by atoms with van der Waals surface area (Å²) in [4.78, 5) is 28.7. The predicted octanol–water partition coefficient (Wildman–Crippen LogP) is 1.01. The van der Waals surface area contributed by atoms with Gasteiger partial charge in [-0.15, -0.1) is 0 Å². The zero-order valence-corrected chi connectivity index (χ0v) is 16.3. The summed E-state index contributed by atoms with van der Waals surface area (Å²) in [5, 5.41) is 18.5. The third-order valence-electron chi connectivity index (χ3n) is 5.16. The van der Waals surface area contributed by atoms with Gasteiger partial charge in [0.2, 0.25) is 0 Å². The van der Waals surface area contributed by atoms with Gasteiger partial charge in [0, 0.05) is 38.8 Å². The van der Waals surface area contributed by atoms with Crippen LogP contribution in [0.2, 0.25) is 0 Å². The molecule has 0 radical (unpaired) electrons. The molecular weight excluding hydrogens is 346 g/mol. The molecule has 1 saturated heterocycles. The van der Waals surface area contributed by atoms with Crippen LogP contribution in [0.3, 0.4) is 0 Å². The lowest BCUT2D eigenvalue weighted by molar-refractivity contribution is -0.140. The van der Waals surface area contributed by atoms with Crippen molar-refractivity contribution in [3.8, 4) is 0 Å². The molecule has 2 N–H and O–H groups in total. The Labute approximate surface area is 161 Å². The zero-order chi connectivity index (χ0) is 19.8. The highest BCUT2D eigenvalue weighted by Gasteiger charge is 2.26. The molecule has 7 heteroatoms. The van der Waals surface area contributed by atoms with Crippen LogP contribution in [0.4, 0.5) is 0 Å². The van der Waals surface area contributed by atoms with E-state index < -0.39 is 11.9 Å². The standard InChI is InChI=1S/C20H31N3O4/c1-3-21-8-9-22(14-19(24)25)10-11-23(15-20(26)27)18(13-21)12-17-6-4-16(2)5-7-17/h4-7,18H,3,8-15H2,1-2H3,(H,24,25)(H,26,27). The lowest BCUT2D eigenvalue weighted by atomic mass is 10.0. The van der Waals surface area contributed by atoms with Crippen molar-refractivity contribution in [2.45, 2.75) is 26.3 Å². The number of likely N-dealkylation sites (N-methyl/N-ethyl adjacent to an activating group) is 1. The number of aliphatic carboxylic acids is 2. The van der Waals surface area contributed by atoms with Crippen LogP contribution in [-0.4, -0.2) is 95.3 Å². The third-order valence-corrected chi connectivity index (χ3v) is 5.16. The van der Waals surface area contributed by atoms with Gasteiger partial charge >= 0.3 is 11.9 Å². The van der Waals surface area contributed by atoms with Crippen molar-refractivity contribution in [1.82, 2.24) is 14.7 Å². The predicted molar refractivity (Wildman–Crippen MR) is 104 cm³/mol. The van der Waals surface area contributed by atoms with E-state index in [4.69, 9.17) is 5.11 Å². The summed E-state index contributed by atoms with van der Waals surface area (Å²) in [5.74, 6) is -1.70. The van der Waals surface area contributed by atoms with E-state index in [2.05, 4.69) is 43.0 Å². The molecule has 1 unspecified atom stereocenters. The molecule has 1 atom stereocenters. The maximum Gasteiger partial charge on any atom is 0.317 e. The maximum absolute atomic E-state index is 11.4. The normalized spacial score (nSPS) is 20.6. The second-order valence-electron chi connectivity index (χ2n) is 7.27. The molecule has 1 fully saturated rings. The lowest BCUT2D eigenvalue weighted by Crippen LogP contribution is -2.48. The van der Waals surface area contributed by atoms with Gasteiger partial charge in [0.1, 0.15) is 0 Å². The maximum atomic E-state index is 11.4. The van der Waals surface area contributed by atoms with Gasteiger partial charge in [-0.2, -0.15) is 0 Å². The number of carboxylic acids is 2. The average Bonchev–Trinajstić information content (AvgIpc) is 2.68. The summed E-state index contributed by atoms with van der Waals surface area (Å²) >= 11 is 0. The number of rotatable bonds is 7. The minimum Gasteiger partial charge on any atom is -0.480 e. The van der Waals surface area contributed by atoms with Gasteiger partial charge in [0.25, 0.3) is 0 Å². The first kappa shape index (κ1) is 21.3. The van der Waals surface area contributed by atoms with E-state index in [1.807, 2.05) is 9.80 Å². The molecule has 7 nitrogen and oxygen atoms in total. The molecule has 1 aliphatic heterocycles. The van der Waals surface area contributed by atoms with Gasteiger partial charge in [-0.25, -0.2) is 0 Å². The smallest absolute Gasteiger partial charge is 0.317 e. The summed E-state index contributed by atoms with van der Waals surface area (Å²) < 4.78 is 0. The molecule has 150 valence electrons. The summed E-state index contributed by atoms with van der Waals surface area (Å²) in [6, 6.07) is 8.45. The van der Waals surface area contributed by atoms with E-state index in [9.17, 15) is 14.7 Å². The van der Waals surface area contributed by atoms with Crippen LogP contribution in [0.5, 0.6) is 0 Å². The molecule has 0 amide bonds. The van der Waals surface area contributed by atoms with Crippen molar-refractivity contribution < 1.29 is 19.8 Å². The summed E-state index contributed by atoms with van der Waals surface area (Å²) in [5.41, 5.74) is 2.40. The van der Waals surface area contributed by atoms with Crippen LogP contribution in [-0.2, 0) is 16.0 Å². The van der Waals surface area contributed by atoms with Gasteiger partial charge in [0.15, 0.2) is 0 Å². The number of hydrogen-bond acceptors (Lipinski definition) is 5. The van der Waals surface area contributed by atoms with E-state index in [0.29, 0.717) is 19.6 Å². The Balaban J connectivity index is 2.20. The molecular formula is C20H31N3O4. The molecule has 0 aromatic heterocycles. The van der Waals surface area contributed by atoms with Crippen LogP contribution < -0.4 is 0 Å². The van der Waals surface area contributed by atoms with E-state index in [1.165, 1.54) is 11.1 Å². The Morgan fingerprint density at radius 1 is 0.963 bits per heavy atom. The molecule has 1 aromatic rings. The van der Waals surface area contributed by atoms with Crippen LogP contribution in [0.25, 0.3) is 0 Å². The Morgan fingerprint density at radius 2 is 1.56 bits per heavy atom. The number of carboxylic acid groups (broad SMARTS) is 2. The zero-order valence-electron chi connectivity index (χ0n) is 16.3. The van der Waals surface area contributed by atoms with Gasteiger partial charge in [0.05, 0.1) is 13.1 Å². The Bertz CT molecular complexity index is 620. The molecule has 0 saturated carbocycles. The second kappa shape index (κ2) is 10.4. The highest BCUT2D eigenvalue weighted by Crippen LogP contribution is 2.14. The number of aryl methyl sites for hydroxylation is 1. The average molecular weight is 377 g/mol. The van der Waals surface area contributed by atoms with Crippen LogP contribution >= 0.6 is 0 Å². The summed E-state index contributed by atoms with van der Waals surface area (Å²) in [6.07, 6.45) is 0.781. The van der Waals surface area contributed by atoms with Crippen molar-refractivity contribution in [1.29, 1.82) is 0 Å². The lowest BCUT2D eigenvalue weighted by Gasteiger charge is -2.33. The van der Waals surface area contributed by atoms with Gasteiger partial charge < -0.3 is 15.1 Å². The van der Waals surface area contributed by atoms with E-state index in [-0.39, 0.29) is 19.1 Å². The van der Waals surface area contributed by atoms with Crippen molar-refractivity contribution in [3.05, 3.63) is 35.4 Å². The number of carbonyl (C=O) groups is 2. The fraction of sp³-hybridized carbons (Fsp3) is 0.600. The highest BCUT2D eigenvalue weighted by molar-refractivity contribution is 5.69. The van der Waals surface area contributed by atoms with E-state index in [0.717, 1.165) is 26.1 Å².